The predicted molar refractivity (Wildman–Crippen MR) is 98.9 cm³/mol. The molecule has 2 rings (SSSR count). The number of anilines is 2. The van der Waals surface area contributed by atoms with Gasteiger partial charge in [0.15, 0.2) is 0 Å². The maximum Gasteiger partial charge on any atom is 0.418 e. The first-order valence-electron chi connectivity index (χ1n) is 7.45. The summed E-state index contributed by atoms with van der Waals surface area (Å²) in [6.07, 6.45) is -5.22. The van der Waals surface area contributed by atoms with Gasteiger partial charge >= 0.3 is 6.18 Å². The molecule has 0 bridgehead atoms. The first-order chi connectivity index (χ1) is 13.3. The number of benzene rings is 2. The summed E-state index contributed by atoms with van der Waals surface area (Å²) in [4.78, 5) is 20.6. The largest absolute Gasteiger partial charge is 0.418 e. The van der Waals surface area contributed by atoms with Crippen LogP contribution in [0.5, 0.6) is 0 Å². The van der Waals surface area contributed by atoms with Crippen molar-refractivity contribution in [2.75, 3.05) is 11.4 Å². The minimum atomic E-state index is -5.22. The van der Waals surface area contributed by atoms with Crippen molar-refractivity contribution in [2.45, 2.75) is 13.1 Å². The van der Waals surface area contributed by atoms with Crippen molar-refractivity contribution < 1.29 is 27.4 Å². The molecule has 0 radical (unpaired) electrons. The molecule has 2 aromatic rings. The Morgan fingerprint density at radius 1 is 1.00 bits per heavy atom. The van der Waals surface area contributed by atoms with Crippen molar-refractivity contribution in [2.24, 2.45) is 0 Å². The van der Waals surface area contributed by atoms with Crippen molar-refractivity contribution in [3.8, 4) is 0 Å². The number of nitrogens with zero attached hydrogens (tertiary/aromatic N) is 3. The second-order valence-electron chi connectivity index (χ2n) is 5.44. The molecule has 156 valence electrons. The Kier molecular flexibility index (Phi) is 6.45. The second-order valence-corrected chi connectivity index (χ2v) is 6.57. The average Bonchev–Trinajstić information content (AvgIpc) is 2.63. The fourth-order valence-corrected chi connectivity index (χ4v) is 3.19. The van der Waals surface area contributed by atoms with Crippen LogP contribution in [-0.2, 0) is 6.18 Å². The topological polar surface area (TPSA) is 89.5 Å². The number of hydrogen-bond acceptors (Lipinski definition) is 5. The monoisotopic (exact) mass is 475 g/mol. The van der Waals surface area contributed by atoms with Gasteiger partial charge in [0.05, 0.1) is 42.2 Å². The Balaban J connectivity index is 2.97. The Hall–Kier alpha value is -2.37. The van der Waals surface area contributed by atoms with Crippen LogP contribution in [0.2, 0.25) is 15.1 Å². The molecule has 0 unspecified atom stereocenters. The minimum Gasteiger partial charge on any atom is -0.334 e. The van der Waals surface area contributed by atoms with Crippen LogP contribution < -0.4 is 4.90 Å². The van der Waals surface area contributed by atoms with E-state index in [0.717, 1.165) is 0 Å². The van der Waals surface area contributed by atoms with Gasteiger partial charge in [0.2, 0.25) is 0 Å². The first-order valence-corrected chi connectivity index (χ1v) is 8.59. The fraction of sp³-hybridized carbons (Fsp3) is 0.200. The number of halogens is 7. The Morgan fingerprint density at radius 3 is 2.03 bits per heavy atom. The summed E-state index contributed by atoms with van der Waals surface area (Å²) in [6.45, 7) is 0.945. The maximum absolute atomic E-state index is 14.0. The molecule has 0 aliphatic carbocycles. The lowest BCUT2D eigenvalue weighted by molar-refractivity contribution is -0.394. The molecule has 2 aromatic carbocycles. The molecule has 7 nitrogen and oxygen atoms in total. The van der Waals surface area contributed by atoms with E-state index < -0.39 is 65.2 Å². The summed E-state index contributed by atoms with van der Waals surface area (Å²) >= 11 is 17.4. The zero-order valence-corrected chi connectivity index (χ0v) is 16.3. The molecule has 0 N–H and O–H groups in total. The van der Waals surface area contributed by atoms with Crippen LogP contribution in [-0.4, -0.2) is 16.4 Å². The smallest absolute Gasteiger partial charge is 0.334 e. The molecule has 0 aromatic heterocycles. The lowest BCUT2D eigenvalue weighted by Crippen LogP contribution is -2.23. The van der Waals surface area contributed by atoms with Crippen LogP contribution >= 0.6 is 34.8 Å². The summed E-state index contributed by atoms with van der Waals surface area (Å²) < 4.78 is 55.0. The van der Waals surface area contributed by atoms with Gasteiger partial charge in [-0.05, 0) is 6.92 Å². The highest BCUT2D eigenvalue weighted by Gasteiger charge is 2.42. The number of alkyl halides is 3. The standard InChI is InChI=1S/C15H8Cl3F4N3O4/c1-2-23(9-5-8(19)11(16)13(18)12(9)17)14-7(15(20,21)22)3-6(24(26)27)4-10(14)25(28)29/h3-5H,2H2,1H3. The summed E-state index contributed by atoms with van der Waals surface area (Å²) in [5, 5.41) is 20.8. The molecule has 0 aliphatic rings. The maximum atomic E-state index is 14.0. The zero-order valence-electron chi connectivity index (χ0n) is 14.1. The van der Waals surface area contributed by atoms with E-state index in [-0.39, 0.29) is 12.6 Å². The molecule has 0 saturated carbocycles. The van der Waals surface area contributed by atoms with E-state index in [1.54, 1.807) is 0 Å². The van der Waals surface area contributed by atoms with Crippen molar-refractivity contribution in [1.82, 2.24) is 0 Å². The number of hydrogen-bond donors (Lipinski definition) is 0. The molecule has 0 aliphatic heterocycles. The Labute approximate surface area is 174 Å². The third-order valence-electron chi connectivity index (χ3n) is 3.75. The Morgan fingerprint density at radius 2 is 1.59 bits per heavy atom. The van der Waals surface area contributed by atoms with Crippen LogP contribution in [0.15, 0.2) is 18.2 Å². The van der Waals surface area contributed by atoms with Crippen LogP contribution in [0.1, 0.15) is 12.5 Å². The van der Waals surface area contributed by atoms with E-state index in [1.165, 1.54) is 6.92 Å². The number of nitro benzene ring substituents is 2. The summed E-state index contributed by atoms with van der Waals surface area (Å²) in [5.41, 5.74) is -5.55. The molecule has 0 atom stereocenters. The predicted octanol–water partition coefficient (Wildman–Crippen LogP) is 6.78. The molecule has 0 heterocycles. The van der Waals surface area contributed by atoms with E-state index in [0.29, 0.717) is 17.0 Å². The van der Waals surface area contributed by atoms with Gasteiger partial charge in [-0.1, -0.05) is 34.8 Å². The van der Waals surface area contributed by atoms with E-state index in [9.17, 15) is 37.8 Å². The van der Waals surface area contributed by atoms with Crippen molar-refractivity contribution in [3.05, 3.63) is 64.9 Å². The van der Waals surface area contributed by atoms with Gasteiger partial charge in [-0.15, -0.1) is 0 Å². The molecule has 0 amide bonds. The summed E-state index contributed by atoms with van der Waals surface area (Å²) in [6, 6.07) is 1.17. The van der Waals surface area contributed by atoms with Gasteiger partial charge in [-0.25, -0.2) is 4.39 Å². The van der Waals surface area contributed by atoms with E-state index in [2.05, 4.69) is 0 Å². The highest BCUT2D eigenvalue weighted by molar-refractivity contribution is 6.49. The molecule has 29 heavy (non-hydrogen) atoms. The second kappa shape index (κ2) is 8.17. The van der Waals surface area contributed by atoms with Gasteiger partial charge < -0.3 is 4.90 Å². The van der Waals surface area contributed by atoms with Gasteiger partial charge in [-0.3, -0.25) is 20.2 Å². The SMILES string of the molecule is CCN(c1cc(F)c(Cl)c(Cl)c1Cl)c1c([N+](=O)[O-])cc([N+](=O)[O-])cc1C(F)(F)F. The quantitative estimate of drug-likeness (QED) is 0.156. The normalized spacial score (nSPS) is 11.4. The lowest BCUT2D eigenvalue weighted by atomic mass is 10.1. The van der Waals surface area contributed by atoms with Crippen LogP contribution in [0.3, 0.4) is 0 Å². The number of rotatable bonds is 5. The van der Waals surface area contributed by atoms with Gasteiger partial charge in [0.25, 0.3) is 11.4 Å². The zero-order chi connectivity index (χ0) is 22.3. The molecular formula is C15H8Cl3F4N3O4. The first kappa shape index (κ1) is 22.9. The summed E-state index contributed by atoms with van der Waals surface area (Å²) in [7, 11) is 0. The highest BCUT2D eigenvalue weighted by atomic mass is 35.5. The number of non-ortho nitro benzene ring substituents is 1. The molecule has 14 heteroatoms. The van der Waals surface area contributed by atoms with E-state index >= 15 is 0 Å². The molecule has 0 spiro atoms. The third kappa shape index (κ3) is 4.31. The summed E-state index contributed by atoms with van der Waals surface area (Å²) in [5.74, 6) is -1.13. The van der Waals surface area contributed by atoms with Crippen molar-refractivity contribution >= 4 is 57.6 Å². The van der Waals surface area contributed by atoms with Gasteiger partial charge in [-0.2, -0.15) is 13.2 Å². The van der Waals surface area contributed by atoms with Crippen molar-refractivity contribution in [3.63, 3.8) is 0 Å². The lowest BCUT2D eigenvalue weighted by Gasteiger charge is -2.27. The third-order valence-corrected chi connectivity index (χ3v) is 5.07. The van der Waals surface area contributed by atoms with Crippen LogP contribution in [0.25, 0.3) is 0 Å². The fourth-order valence-electron chi connectivity index (χ4n) is 2.55. The minimum absolute atomic E-state index is 0.146. The van der Waals surface area contributed by atoms with Crippen LogP contribution in [0, 0.1) is 26.0 Å². The molecule has 0 fully saturated rings. The van der Waals surface area contributed by atoms with Crippen LogP contribution in [0.4, 0.5) is 40.3 Å². The van der Waals surface area contributed by atoms with E-state index in [4.69, 9.17) is 34.8 Å². The highest BCUT2D eigenvalue weighted by Crippen LogP contribution is 2.49. The van der Waals surface area contributed by atoms with Gasteiger partial charge in [0, 0.05) is 18.7 Å². The average molecular weight is 477 g/mol. The van der Waals surface area contributed by atoms with Gasteiger partial charge in [0.1, 0.15) is 11.5 Å². The van der Waals surface area contributed by atoms with Crippen molar-refractivity contribution in [1.29, 1.82) is 0 Å². The molecular weight excluding hydrogens is 469 g/mol. The van der Waals surface area contributed by atoms with E-state index in [1.807, 2.05) is 0 Å². The number of nitro groups is 2. The Bertz CT molecular complexity index is 1020. The molecule has 0 saturated heterocycles.